The molecule has 1 saturated heterocycles. The molecule has 1 aromatic heterocycles. The van der Waals surface area contributed by atoms with Gasteiger partial charge >= 0.3 is 0 Å². The summed E-state index contributed by atoms with van der Waals surface area (Å²) >= 11 is 0. The second-order valence-corrected chi connectivity index (χ2v) is 9.23. The van der Waals surface area contributed by atoms with Crippen LogP contribution in [0.4, 0.5) is 0 Å². The van der Waals surface area contributed by atoms with Crippen LogP contribution in [0.3, 0.4) is 0 Å². The number of carbonyl (C=O) groups excluding carboxylic acids is 1. The third kappa shape index (κ3) is 3.06. The molecule has 0 saturated carbocycles. The van der Waals surface area contributed by atoms with Crippen LogP contribution < -0.4 is 0 Å². The van der Waals surface area contributed by atoms with Gasteiger partial charge in [0.05, 0.1) is 22.1 Å². The number of fused-ring (bicyclic) bond motifs is 1. The van der Waals surface area contributed by atoms with E-state index in [2.05, 4.69) is 4.90 Å². The van der Waals surface area contributed by atoms with Crippen molar-refractivity contribution in [1.29, 1.82) is 0 Å². The van der Waals surface area contributed by atoms with E-state index in [0.717, 1.165) is 11.8 Å². The first kappa shape index (κ1) is 18.9. The predicted molar refractivity (Wildman–Crippen MR) is 110 cm³/mol. The van der Waals surface area contributed by atoms with Gasteiger partial charge in [0, 0.05) is 24.3 Å². The summed E-state index contributed by atoms with van der Waals surface area (Å²) in [6.45, 7) is 2.67. The van der Waals surface area contributed by atoms with Crippen molar-refractivity contribution in [2.24, 2.45) is 5.92 Å². The number of aromatic nitrogens is 1. The SMILES string of the molecule is CC[C@@H]1CN(C)[C@H](c2cc3ccccc3n2S(=O)(=O)c2ccccc2)CC1=O. The molecule has 0 N–H and O–H groups in total. The number of Topliss-reactive ketones (excluding diaryl/α,β-unsaturated/α-hetero) is 1. The highest BCUT2D eigenvalue weighted by atomic mass is 32.2. The van der Waals surface area contributed by atoms with E-state index in [0.29, 0.717) is 24.2 Å². The van der Waals surface area contributed by atoms with E-state index in [4.69, 9.17) is 0 Å². The van der Waals surface area contributed by atoms with Gasteiger partial charge in [-0.15, -0.1) is 0 Å². The lowest BCUT2D eigenvalue weighted by atomic mass is 9.89. The number of ketones is 1. The lowest BCUT2D eigenvalue weighted by Crippen LogP contribution is -2.41. The molecule has 4 rings (SSSR count). The zero-order valence-electron chi connectivity index (χ0n) is 16.1. The molecule has 6 heteroatoms. The Balaban J connectivity index is 1.91. The zero-order valence-corrected chi connectivity index (χ0v) is 16.9. The molecule has 3 aromatic rings. The van der Waals surface area contributed by atoms with Gasteiger partial charge in [0.25, 0.3) is 10.0 Å². The van der Waals surface area contributed by atoms with Gasteiger partial charge in [-0.1, -0.05) is 43.3 Å². The third-order valence-electron chi connectivity index (χ3n) is 5.70. The molecule has 0 amide bonds. The van der Waals surface area contributed by atoms with Gasteiger partial charge < -0.3 is 0 Å². The second kappa shape index (κ2) is 7.18. The van der Waals surface area contributed by atoms with Crippen LogP contribution in [0.1, 0.15) is 31.5 Å². The molecule has 2 heterocycles. The monoisotopic (exact) mass is 396 g/mol. The fourth-order valence-electron chi connectivity index (χ4n) is 4.13. The zero-order chi connectivity index (χ0) is 19.9. The molecule has 0 bridgehead atoms. The molecular formula is C22H24N2O3S. The highest BCUT2D eigenvalue weighted by molar-refractivity contribution is 7.90. The third-order valence-corrected chi connectivity index (χ3v) is 7.46. The van der Waals surface area contributed by atoms with Crippen molar-refractivity contribution in [2.45, 2.75) is 30.7 Å². The minimum Gasteiger partial charge on any atom is -0.299 e. The molecule has 2 aromatic carbocycles. The maximum absolute atomic E-state index is 13.5. The number of nitrogens with zero attached hydrogens (tertiary/aromatic N) is 2. The Morgan fingerprint density at radius 1 is 1.04 bits per heavy atom. The van der Waals surface area contributed by atoms with Crippen LogP contribution in [0.15, 0.2) is 65.6 Å². The summed E-state index contributed by atoms with van der Waals surface area (Å²) in [5.41, 5.74) is 1.29. The molecular weight excluding hydrogens is 372 g/mol. The summed E-state index contributed by atoms with van der Waals surface area (Å²) in [6.07, 6.45) is 1.14. The molecule has 1 aliphatic heterocycles. The second-order valence-electron chi connectivity index (χ2n) is 7.44. The fourth-order valence-corrected chi connectivity index (χ4v) is 5.72. The van der Waals surface area contributed by atoms with E-state index in [1.165, 1.54) is 3.97 Å². The molecule has 2 atom stereocenters. The number of para-hydroxylation sites is 1. The molecule has 0 unspecified atom stereocenters. The summed E-state index contributed by atoms with van der Waals surface area (Å²) in [4.78, 5) is 15.0. The molecule has 0 radical (unpaired) electrons. The lowest BCUT2D eigenvalue weighted by Gasteiger charge is -2.36. The topological polar surface area (TPSA) is 59.4 Å². The number of rotatable bonds is 4. The van der Waals surface area contributed by atoms with Gasteiger partial charge in [-0.25, -0.2) is 12.4 Å². The first-order chi connectivity index (χ1) is 13.4. The van der Waals surface area contributed by atoms with Crippen molar-refractivity contribution >= 4 is 26.7 Å². The molecule has 5 nitrogen and oxygen atoms in total. The predicted octanol–water partition coefficient (Wildman–Crippen LogP) is 3.85. The number of hydrogen-bond acceptors (Lipinski definition) is 4. The maximum Gasteiger partial charge on any atom is 0.268 e. The number of benzene rings is 2. The molecule has 146 valence electrons. The first-order valence-electron chi connectivity index (χ1n) is 9.57. The Morgan fingerprint density at radius 3 is 2.43 bits per heavy atom. The summed E-state index contributed by atoms with van der Waals surface area (Å²) in [6, 6.07) is 17.6. The number of hydrogen-bond donors (Lipinski definition) is 0. The van der Waals surface area contributed by atoms with Crippen molar-refractivity contribution in [3.05, 3.63) is 66.4 Å². The van der Waals surface area contributed by atoms with Crippen molar-refractivity contribution in [2.75, 3.05) is 13.6 Å². The highest BCUT2D eigenvalue weighted by Gasteiger charge is 2.36. The van der Waals surface area contributed by atoms with E-state index >= 15 is 0 Å². The van der Waals surface area contributed by atoms with Crippen molar-refractivity contribution < 1.29 is 13.2 Å². The Kier molecular flexibility index (Phi) is 4.85. The highest BCUT2D eigenvalue weighted by Crippen LogP contribution is 2.36. The lowest BCUT2D eigenvalue weighted by molar-refractivity contribution is -0.128. The normalized spacial score (nSPS) is 21.3. The largest absolute Gasteiger partial charge is 0.299 e. The van der Waals surface area contributed by atoms with Crippen molar-refractivity contribution in [3.8, 4) is 0 Å². The summed E-state index contributed by atoms with van der Waals surface area (Å²) < 4.78 is 28.5. The van der Waals surface area contributed by atoms with Crippen molar-refractivity contribution in [3.63, 3.8) is 0 Å². The maximum atomic E-state index is 13.5. The minimum absolute atomic E-state index is 0.0183. The average molecular weight is 397 g/mol. The molecule has 0 aliphatic carbocycles. The van der Waals surface area contributed by atoms with Gasteiger partial charge in [-0.2, -0.15) is 0 Å². The summed E-state index contributed by atoms with van der Waals surface area (Å²) in [5.74, 6) is 0.226. The van der Waals surface area contributed by atoms with Crippen LogP contribution in [0.25, 0.3) is 10.9 Å². The quantitative estimate of drug-likeness (QED) is 0.672. The molecule has 28 heavy (non-hydrogen) atoms. The Bertz CT molecular complexity index is 1120. The van der Waals surface area contributed by atoms with Gasteiger partial charge in [-0.05, 0) is 37.7 Å². The van der Waals surface area contributed by atoms with Crippen LogP contribution in [0.2, 0.25) is 0 Å². The Labute approximate surface area is 165 Å². The van der Waals surface area contributed by atoms with Crippen LogP contribution in [0, 0.1) is 5.92 Å². The smallest absolute Gasteiger partial charge is 0.268 e. The van der Waals surface area contributed by atoms with Crippen LogP contribution in [-0.2, 0) is 14.8 Å². The van der Waals surface area contributed by atoms with Crippen LogP contribution in [-0.4, -0.2) is 36.7 Å². The van der Waals surface area contributed by atoms with Crippen LogP contribution >= 0.6 is 0 Å². The van der Waals surface area contributed by atoms with E-state index in [1.54, 1.807) is 30.3 Å². The summed E-state index contributed by atoms with van der Waals surface area (Å²) in [7, 11) is -1.81. The molecule has 1 aliphatic rings. The van der Waals surface area contributed by atoms with Gasteiger partial charge in [0.15, 0.2) is 0 Å². The number of piperidine rings is 1. The van der Waals surface area contributed by atoms with Crippen molar-refractivity contribution in [1.82, 2.24) is 8.87 Å². The Morgan fingerprint density at radius 2 is 1.71 bits per heavy atom. The molecule has 0 spiro atoms. The summed E-state index contributed by atoms with van der Waals surface area (Å²) in [5, 5.41) is 0.857. The van der Waals surface area contributed by atoms with E-state index < -0.39 is 10.0 Å². The number of carbonyl (C=O) groups is 1. The molecule has 1 fully saturated rings. The van der Waals surface area contributed by atoms with E-state index in [-0.39, 0.29) is 22.6 Å². The van der Waals surface area contributed by atoms with E-state index in [9.17, 15) is 13.2 Å². The minimum atomic E-state index is -3.78. The average Bonchev–Trinajstić information content (AvgIpc) is 3.10. The fraction of sp³-hybridized carbons (Fsp3) is 0.318. The van der Waals surface area contributed by atoms with Crippen LogP contribution in [0.5, 0.6) is 0 Å². The van der Waals surface area contributed by atoms with Gasteiger partial charge in [0.2, 0.25) is 0 Å². The van der Waals surface area contributed by atoms with E-state index in [1.807, 2.05) is 44.3 Å². The standard InChI is InChI=1S/C22H24N2O3S/c1-3-16-15-23(2)20(14-22(16)25)21-13-17-9-7-8-12-19(17)24(21)28(26,27)18-10-5-4-6-11-18/h4-13,16,20H,3,14-15H2,1-2H3/t16-,20+/m1/s1. The van der Waals surface area contributed by atoms with Gasteiger partial charge in [-0.3, -0.25) is 9.69 Å². The Hall–Kier alpha value is -2.44. The number of likely N-dealkylation sites (tertiary alicyclic amines) is 1. The first-order valence-corrected chi connectivity index (χ1v) is 11.0. The van der Waals surface area contributed by atoms with Gasteiger partial charge in [0.1, 0.15) is 5.78 Å².